The molecule has 1 atom stereocenters. The predicted molar refractivity (Wildman–Crippen MR) is 100 cm³/mol. The maximum absolute atomic E-state index is 12.5. The number of piperazine rings is 1. The summed E-state index contributed by atoms with van der Waals surface area (Å²) in [7, 11) is 0. The molecule has 3 rings (SSSR count). The summed E-state index contributed by atoms with van der Waals surface area (Å²) >= 11 is 0. The average molecular weight is 356 g/mol. The molecular formula is C19H28N6O. The number of hydrogen-bond donors (Lipinski definition) is 1. The van der Waals surface area contributed by atoms with E-state index in [1.54, 1.807) is 10.9 Å². The van der Waals surface area contributed by atoms with Gasteiger partial charge in [0.05, 0.1) is 6.04 Å². The molecule has 7 nitrogen and oxygen atoms in total. The lowest BCUT2D eigenvalue weighted by Crippen LogP contribution is -2.58. The van der Waals surface area contributed by atoms with Crippen LogP contribution in [0.5, 0.6) is 0 Å². The molecule has 2 aromatic rings. The van der Waals surface area contributed by atoms with Crippen LogP contribution in [0, 0.1) is 5.92 Å². The van der Waals surface area contributed by atoms with Crippen LogP contribution in [0.1, 0.15) is 39.3 Å². The highest BCUT2D eigenvalue weighted by Crippen LogP contribution is 2.17. The average Bonchev–Trinajstić information content (AvgIpc) is 2.99. The van der Waals surface area contributed by atoms with Gasteiger partial charge in [-0.1, -0.05) is 19.9 Å². The van der Waals surface area contributed by atoms with Crippen LogP contribution in [0.4, 0.5) is 0 Å². The predicted octanol–water partition coefficient (Wildman–Crippen LogP) is 1.61. The third kappa shape index (κ3) is 4.09. The summed E-state index contributed by atoms with van der Waals surface area (Å²) in [6.45, 7) is 10.1. The fourth-order valence-corrected chi connectivity index (χ4v) is 3.37. The van der Waals surface area contributed by atoms with Crippen LogP contribution < -0.4 is 5.32 Å². The highest BCUT2D eigenvalue weighted by Gasteiger charge is 2.33. The second kappa shape index (κ2) is 7.95. The van der Waals surface area contributed by atoms with Gasteiger partial charge in [-0.05, 0) is 31.9 Å². The molecule has 1 amide bonds. The van der Waals surface area contributed by atoms with Crippen molar-refractivity contribution in [3.63, 3.8) is 0 Å². The van der Waals surface area contributed by atoms with Crippen LogP contribution in [0.15, 0.2) is 24.4 Å². The maximum atomic E-state index is 12.5. The van der Waals surface area contributed by atoms with Crippen molar-refractivity contribution in [3.05, 3.63) is 36.0 Å². The lowest BCUT2D eigenvalue weighted by molar-refractivity contribution is -0.130. The van der Waals surface area contributed by atoms with Gasteiger partial charge in [-0.3, -0.25) is 9.69 Å². The van der Waals surface area contributed by atoms with E-state index < -0.39 is 0 Å². The van der Waals surface area contributed by atoms with E-state index in [2.05, 4.69) is 48.0 Å². The Kier molecular flexibility index (Phi) is 5.66. The largest absolute Gasteiger partial charge is 0.353 e. The van der Waals surface area contributed by atoms with E-state index in [9.17, 15) is 4.79 Å². The van der Waals surface area contributed by atoms with Crippen LogP contribution in [0.25, 0.3) is 5.82 Å². The van der Waals surface area contributed by atoms with Crippen LogP contribution >= 0.6 is 0 Å². The molecule has 0 spiro atoms. The minimum atomic E-state index is -0.234. The first-order valence-corrected chi connectivity index (χ1v) is 9.35. The SMILES string of the molecule is CC(C)Cc1nc(CC2C(=O)NCCN2C(C)C)n(-c2ccccn2)n1. The lowest BCUT2D eigenvalue weighted by atomic mass is 10.1. The zero-order valence-electron chi connectivity index (χ0n) is 16.0. The van der Waals surface area contributed by atoms with Gasteiger partial charge in [0.1, 0.15) is 5.82 Å². The molecule has 0 aliphatic carbocycles. The summed E-state index contributed by atoms with van der Waals surface area (Å²) < 4.78 is 1.79. The number of nitrogens with one attached hydrogen (secondary N) is 1. The van der Waals surface area contributed by atoms with E-state index in [-0.39, 0.29) is 11.9 Å². The highest BCUT2D eigenvalue weighted by molar-refractivity contribution is 5.82. The van der Waals surface area contributed by atoms with Gasteiger partial charge in [-0.2, -0.15) is 4.68 Å². The zero-order chi connectivity index (χ0) is 18.7. The van der Waals surface area contributed by atoms with Gasteiger partial charge in [0.15, 0.2) is 11.6 Å². The molecule has 3 heterocycles. The Balaban J connectivity index is 1.94. The first-order chi connectivity index (χ1) is 12.5. The number of aromatic nitrogens is 4. The molecule has 1 saturated heterocycles. The second-order valence-electron chi connectivity index (χ2n) is 7.48. The van der Waals surface area contributed by atoms with Gasteiger partial charge in [0.2, 0.25) is 5.91 Å². The molecule has 0 aromatic carbocycles. The van der Waals surface area contributed by atoms with E-state index in [4.69, 9.17) is 4.98 Å². The summed E-state index contributed by atoms with van der Waals surface area (Å²) in [6, 6.07) is 5.79. The minimum Gasteiger partial charge on any atom is -0.353 e. The minimum absolute atomic E-state index is 0.0610. The molecule has 0 bridgehead atoms. The van der Waals surface area contributed by atoms with Crippen molar-refractivity contribution in [2.24, 2.45) is 5.92 Å². The number of rotatable bonds is 6. The highest BCUT2D eigenvalue weighted by atomic mass is 16.2. The van der Waals surface area contributed by atoms with Gasteiger partial charge in [-0.15, -0.1) is 5.10 Å². The zero-order valence-corrected chi connectivity index (χ0v) is 16.0. The van der Waals surface area contributed by atoms with Crippen molar-refractivity contribution in [1.82, 2.24) is 30.0 Å². The number of nitrogens with zero attached hydrogens (tertiary/aromatic N) is 5. The van der Waals surface area contributed by atoms with Crippen molar-refractivity contribution >= 4 is 5.91 Å². The molecule has 2 aromatic heterocycles. The van der Waals surface area contributed by atoms with E-state index in [1.165, 1.54) is 0 Å². The smallest absolute Gasteiger partial charge is 0.237 e. The number of carbonyl (C=O) groups is 1. The summed E-state index contributed by atoms with van der Waals surface area (Å²) in [4.78, 5) is 23.9. The number of amides is 1. The maximum Gasteiger partial charge on any atom is 0.237 e. The molecule has 1 fully saturated rings. The third-order valence-electron chi connectivity index (χ3n) is 4.59. The van der Waals surface area contributed by atoms with Crippen molar-refractivity contribution < 1.29 is 4.79 Å². The van der Waals surface area contributed by atoms with Crippen molar-refractivity contribution in [2.45, 2.75) is 52.6 Å². The third-order valence-corrected chi connectivity index (χ3v) is 4.59. The normalized spacial score (nSPS) is 18.5. The molecule has 1 aliphatic rings. The van der Waals surface area contributed by atoms with Gasteiger partial charge >= 0.3 is 0 Å². The van der Waals surface area contributed by atoms with Gasteiger partial charge in [0, 0.05) is 38.2 Å². The molecular weight excluding hydrogens is 328 g/mol. The van der Waals surface area contributed by atoms with Crippen molar-refractivity contribution in [3.8, 4) is 5.82 Å². The fraction of sp³-hybridized carbons (Fsp3) is 0.579. The summed E-state index contributed by atoms with van der Waals surface area (Å²) in [5.74, 6) is 2.84. The Morgan fingerprint density at radius 1 is 1.27 bits per heavy atom. The van der Waals surface area contributed by atoms with Crippen molar-refractivity contribution in [2.75, 3.05) is 13.1 Å². The van der Waals surface area contributed by atoms with Crippen LogP contribution in [0.2, 0.25) is 0 Å². The quantitative estimate of drug-likeness (QED) is 0.851. The Morgan fingerprint density at radius 2 is 2.08 bits per heavy atom. The number of pyridine rings is 1. The Morgan fingerprint density at radius 3 is 2.73 bits per heavy atom. The molecule has 1 N–H and O–H groups in total. The molecule has 0 radical (unpaired) electrons. The molecule has 26 heavy (non-hydrogen) atoms. The van der Waals surface area contributed by atoms with Gasteiger partial charge in [-0.25, -0.2) is 9.97 Å². The van der Waals surface area contributed by atoms with E-state index in [1.807, 2.05) is 18.2 Å². The molecule has 7 heteroatoms. The monoisotopic (exact) mass is 356 g/mol. The fourth-order valence-electron chi connectivity index (χ4n) is 3.37. The van der Waals surface area contributed by atoms with Crippen LogP contribution in [0.3, 0.4) is 0 Å². The standard InChI is InChI=1S/C19H28N6O/c1-13(2)11-16-22-18(25(23-16)17-7-5-6-8-20-17)12-15-19(26)21-9-10-24(15)14(3)4/h5-8,13-15H,9-12H2,1-4H3,(H,21,26). The summed E-state index contributed by atoms with van der Waals surface area (Å²) in [5.41, 5.74) is 0. The molecule has 140 valence electrons. The lowest BCUT2D eigenvalue weighted by Gasteiger charge is -2.37. The van der Waals surface area contributed by atoms with Crippen LogP contribution in [-0.2, 0) is 17.6 Å². The Bertz CT molecular complexity index is 740. The summed E-state index contributed by atoms with van der Waals surface area (Å²) in [5, 5.41) is 7.66. The first-order valence-electron chi connectivity index (χ1n) is 9.35. The van der Waals surface area contributed by atoms with Crippen molar-refractivity contribution in [1.29, 1.82) is 0 Å². The van der Waals surface area contributed by atoms with E-state index in [0.717, 1.165) is 30.4 Å². The van der Waals surface area contributed by atoms with Crippen LogP contribution in [-0.4, -0.2) is 55.7 Å². The summed E-state index contributed by atoms with van der Waals surface area (Å²) in [6.07, 6.45) is 3.07. The molecule has 1 unspecified atom stereocenters. The van der Waals surface area contributed by atoms with E-state index in [0.29, 0.717) is 24.9 Å². The number of carbonyl (C=O) groups excluding carboxylic acids is 1. The Hall–Kier alpha value is -2.28. The second-order valence-corrected chi connectivity index (χ2v) is 7.48. The van der Waals surface area contributed by atoms with Gasteiger partial charge < -0.3 is 5.32 Å². The molecule has 0 saturated carbocycles. The first kappa shape index (κ1) is 18.5. The van der Waals surface area contributed by atoms with E-state index >= 15 is 0 Å². The Labute approximate surface area is 154 Å². The molecule has 1 aliphatic heterocycles. The topological polar surface area (TPSA) is 75.9 Å². The van der Waals surface area contributed by atoms with Gasteiger partial charge in [0.25, 0.3) is 0 Å². The number of hydrogen-bond acceptors (Lipinski definition) is 5.